The van der Waals surface area contributed by atoms with Crippen molar-refractivity contribution in [3.63, 3.8) is 0 Å². The summed E-state index contributed by atoms with van der Waals surface area (Å²) in [5, 5.41) is 50.0. The van der Waals surface area contributed by atoms with E-state index in [1.807, 2.05) is 0 Å². The van der Waals surface area contributed by atoms with Gasteiger partial charge in [0.05, 0.1) is 6.61 Å². The molecule has 8 atom stereocenters. The summed E-state index contributed by atoms with van der Waals surface area (Å²) in [6.45, 7) is 3.28. The van der Waals surface area contributed by atoms with Gasteiger partial charge in [0, 0.05) is 12.8 Å². The Morgan fingerprint density at radius 2 is 0.833 bits per heavy atom. The highest BCUT2D eigenvalue weighted by Crippen LogP contribution is 2.47. The van der Waals surface area contributed by atoms with Crippen molar-refractivity contribution in [3.8, 4) is 0 Å². The van der Waals surface area contributed by atoms with Crippen LogP contribution in [-0.2, 0) is 32.7 Å². The van der Waals surface area contributed by atoms with E-state index in [2.05, 4.69) is 13.8 Å². The fourth-order valence-corrected chi connectivity index (χ4v) is 7.67. The van der Waals surface area contributed by atoms with Gasteiger partial charge in [0.1, 0.15) is 43.2 Å². The lowest BCUT2D eigenvalue weighted by molar-refractivity contribution is -0.220. The standard InChI is InChI=1S/C40H77O13P/c1-3-5-7-9-11-13-15-17-19-20-22-24-26-28-33(41)50-30-32(52-34(42)29-27-25-23-21-18-16-14-12-10-8-6-4-2)31-51-54(48,49)53-40-38(46)36(44)35(43)37(45)39(40)47/h32,35-40,43-47H,3-31H2,1-2H3,(H,48,49)/t32-,35?,36-,37?,38?,39?,40?/m1/s1. The molecule has 320 valence electrons. The third-order valence-corrected chi connectivity index (χ3v) is 11.2. The van der Waals surface area contributed by atoms with E-state index in [1.54, 1.807) is 0 Å². The van der Waals surface area contributed by atoms with Gasteiger partial charge >= 0.3 is 19.8 Å². The molecule has 1 fully saturated rings. The van der Waals surface area contributed by atoms with Crippen molar-refractivity contribution in [2.24, 2.45) is 0 Å². The molecular weight excluding hydrogens is 719 g/mol. The zero-order chi connectivity index (χ0) is 40.0. The Morgan fingerprint density at radius 1 is 0.500 bits per heavy atom. The summed E-state index contributed by atoms with van der Waals surface area (Å²) in [4.78, 5) is 35.5. The zero-order valence-corrected chi connectivity index (χ0v) is 34.4. The number of rotatable bonds is 35. The van der Waals surface area contributed by atoms with Crippen molar-refractivity contribution in [2.45, 2.75) is 230 Å². The number of carbonyl (C=O) groups is 2. The van der Waals surface area contributed by atoms with Crippen LogP contribution >= 0.6 is 7.82 Å². The van der Waals surface area contributed by atoms with Gasteiger partial charge < -0.3 is 39.9 Å². The summed E-state index contributed by atoms with van der Waals surface area (Å²) in [6.07, 6.45) is 16.0. The van der Waals surface area contributed by atoms with E-state index < -0.39 is 75.7 Å². The average Bonchev–Trinajstić information content (AvgIpc) is 3.15. The Balaban J connectivity index is 2.49. The number of ether oxygens (including phenoxy) is 2. The largest absolute Gasteiger partial charge is 0.472 e. The van der Waals surface area contributed by atoms with Gasteiger partial charge in [-0.05, 0) is 12.8 Å². The first-order chi connectivity index (χ1) is 25.9. The second-order valence-electron chi connectivity index (χ2n) is 15.2. The Hall–Kier alpha value is -1.15. The van der Waals surface area contributed by atoms with Crippen LogP contribution in [-0.4, -0.2) is 98.3 Å². The lowest BCUT2D eigenvalue weighted by Crippen LogP contribution is -2.64. The lowest BCUT2D eigenvalue weighted by atomic mass is 9.85. The first-order valence-electron chi connectivity index (χ1n) is 21.3. The molecule has 54 heavy (non-hydrogen) atoms. The first kappa shape index (κ1) is 50.9. The Bertz CT molecular complexity index is 969. The molecule has 0 aromatic rings. The number of aliphatic hydroxyl groups excluding tert-OH is 5. The van der Waals surface area contributed by atoms with E-state index in [1.165, 1.54) is 109 Å². The quantitative estimate of drug-likeness (QED) is 0.0211. The van der Waals surface area contributed by atoms with E-state index in [4.69, 9.17) is 18.5 Å². The van der Waals surface area contributed by atoms with Crippen molar-refractivity contribution in [1.29, 1.82) is 0 Å². The summed E-state index contributed by atoms with van der Waals surface area (Å²) in [5.74, 6) is -1.09. The van der Waals surface area contributed by atoms with Gasteiger partial charge in [0.15, 0.2) is 6.10 Å². The predicted octanol–water partition coefficient (Wildman–Crippen LogP) is 7.33. The monoisotopic (exact) mass is 797 g/mol. The zero-order valence-electron chi connectivity index (χ0n) is 33.5. The van der Waals surface area contributed by atoms with Crippen molar-refractivity contribution < 1.29 is 63.1 Å². The summed E-state index contributed by atoms with van der Waals surface area (Å²) < 4.78 is 33.4. The molecule has 0 aliphatic heterocycles. The van der Waals surface area contributed by atoms with E-state index in [0.717, 1.165) is 38.5 Å². The van der Waals surface area contributed by atoms with E-state index >= 15 is 0 Å². The SMILES string of the molecule is CCCCCCCCCCCCCCCC(=O)OC[C@H](COP(=O)(O)OC1C(O)C(O)C(O)[C@@H](O)C1O)OC(=O)CCCCCCCCCCCCCC. The molecule has 6 N–H and O–H groups in total. The molecule has 0 radical (unpaired) electrons. The van der Waals surface area contributed by atoms with E-state index in [9.17, 15) is 44.6 Å². The topological polar surface area (TPSA) is 210 Å². The number of carbonyl (C=O) groups excluding carboxylic acids is 2. The van der Waals surface area contributed by atoms with Gasteiger partial charge in [-0.1, -0.05) is 162 Å². The maximum Gasteiger partial charge on any atom is 0.472 e. The van der Waals surface area contributed by atoms with Gasteiger partial charge in [-0.3, -0.25) is 18.6 Å². The normalized spacial score (nSPS) is 23.2. The molecule has 0 saturated heterocycles. The van der Waals surface area contributed by atoms with Crippen molar-refractivity contribution in [1.82, 2.24) is 0 Å². The number of unbranched alkanes of at least 4 members (excludes halogenated alkanes) is 23. The Kier molecular flexibility index (Phi) is 30.0. The highest BCUT2D eigenvalue weighted by atomic mass is 31.2. The highest BCUT2D eigenvalue weighted by Gasteiger charge is 2.51. The lowest BCUT2D eigenvalue weighted by Gasteiger charge is -2.41. The molecule has 6 unspecified atom stereocenters. The molecule has 14 heteroatoms. The van der Waals surface area contributed by atoms with Gasteiger partial charge in [-0.25, -0.2) is 4.57 Å². The minimum Gasteiger partial charge on any atom is -0.462 e. The molecule has 1 rings (SSSR count). The number of aliphatic hydroxyl groups is 5. The van der Waals surface area contributed by atoms with Crippen LogP contribution in [0.2, 0.25) is 0 Å². The average molecular weight is 797 g/mol. The molecule has 1 aliphatic rings. The highest BCUT2D eigenvalue weighted by molar-refractivity contribution is 7.47. The third kappa shape index (κ3) is 24.5. The fraction of sp³-hybridized carbons (Fsp3) is 0.950. The molecule has 0 heterocycles. The number of phosphoric ester groups is 1. The second-order valence-corrected chi connectivity index (χ2v) is 16.6. The predicted molar refractivity (Wildman–Crippen MR) is 208 cm³/mol. The smallest absolute Gasteiger partial charge is 0.462 e. The van der Waals surface area contributed by atoms with Crippen LogP contribution in [0.3, 0.4) is 0 Å². The molecule has 1 saturated carbocycles. The van der Waals surface area contributed by atoms with Crippen LogP contribution in [0.5, 0.6) is 0 Å². The van der Waals surface area contributed by atoms with Crippen LogP contribution < -0.4 is 0 Å². The summed E-state index contributed by atoms with van der Waals surface area (Å²) in [6, 6.07) is 0. The van der Waals surface area contributed by atoms with E-state index in [-0.39, 0.29) is 12.8 Å². The van der Waals surface area contributed by atoms with Crippen LogP contribution in [0.15, 0.2) is 0 Å². The van der Waals surface area contributed by atoms with Crippen molar-refractivity contribution in [2.75, 3.05) is 13.2 Å². The fourth-order valence-electron chi connectivity index (χ4n) is 6.70. The number of hydrogen-bond donors (Lipinski definition) is 6. The molecule has 1 aliphatic carbocycles. The number of esters is 2. The molecular formula is C40H77O13P. The number of hydrogen-bond acceptors (Lipinski definition) is 12. The van der Waals surface area contributed by atoms with Gasteiger partial charge in [0.2, 0.25) is 0 Å². The molecule has 13 nitrogen and oxygen atoms in total. The minimum atomic E-state index is -5.10. The minimum absolute atomic E-state index is 0.104. The maximum absolute atomic E-state index is 12.8. The van der Waals surface area contributed by atoms with E-state index in [0.29, 0.717) is 12.8 Å². The van der Waals surface area contributed by atoms with Crippen LogP contribution in [0.4, 0.5) is 0 Å². The van der Waals surface area contributed by atoms with Gasteiger partial charge in [-0.15, -0.1) is 0 Å². The summed E-state index contributed by atoms with van der Waals surface area (Å²) >= 11 is 0. The summed E-state index contributed by atoms with van der Waals surface area (Å²) in [7, 11) is -5.10. The van der Waals surface area contributed by atoms with Crippen molar-refractivity contribution >= 4 is 19.8 Å². The number of phosphoric acid groups is 1. The van der Waals surface area contributed by atoms with Crippen molar-refractivity contribution in [3.05, 3.63) is 0 Å². The Labute approximate surface area is 325 Å². The third-order valence-electron chi connectivity index (χ3n) is 10.2. The first-order valence-corrected chi connectivity index (χ1v) is 22.8. The van der Waals surface area contributed by atoms with Crippen LogP contribution in [0.25, 0.3) is 0 Å². The molecule has 0 bridgehead atoms. The van der Waals surface area contributed by atoms with Gasteiger partial charge in [0.25, 0.3) is 0 Å². The van der Waals surface area contributed by atoms with Gasteiger partial charge in [-0.2, -0.15) is 0 Å². The molecule has 0 spiro atoms. The molecule has 0 aromatic carbocycles. The summed E-state index contributed by atoms with van der Waals surface area (Å²) in [5.41, 5.74) is 0. The Morgan fingerprint density at radius 3 is 1.22 bits per heavy atom. The van der Waals surface area contributed by atoms with Crippen LogP contribution in [0, 0.1) is 0 Å². The molecule has 0 amide bonds. The maximum atomic E-state index is 12.8. The van der Waals surface area contributed by atoms with Crippen LogP contribution in [0.1, 0.15) is 187 Å². The molecule has 0 aromatic heterocycles. The second kappa shape index (κ2) is 31.9.